The van der Waals surface area contributed by atoms with Crippen LogP contribution >= 0.6 is 11.6 Å². The zero-order valence-corrected chi connectivity index (χ0v) is 15.0. The fourth-order valence-electron chi connectivity index (χ4n) is 3.06. The Balaban J connectivity index is 1.58. The Morgan fingerprint density at radius 1 is 1.04 bits per heavy atom. The quantitative estimate of drug-likeness (QED) is 0.732. The first-order valence-electron chi connectivity index (χ1n) is 8.39. The van der Waals surface area contributed by atoms with Crippen LogP contribution in [0.4, 0.5) is 11.8 Å². The van der Waals surface area contributed by atoms with E-state index in [9.17, 15) is 9.90 Å². The van der Waals surface area contributed by atoms with Crippen LogP contribution in [0.15, 0.2) is 47.2 Å². The van der Waals surface area contributed by atoms with E-state index in [0.29, 0.717) is 48.5 Å². The largest absolute Gasteiger partial charge is 0.477 e. The number of rotatable bonds is 4. The fraction of sp³-hybridized carbons (Fsp3) is 0.222. The minimum atomic E-state index is -1.08. The van der Waals surface area contributed by atoms with Gasteiger partial charge in [0.1, 0.15) is 0 Å². The van der Waals surface area contributed by atoms with Crippen molar-refractivity contribution >= 4 is 29.3 Å². The molecule has 0 bridgehead atoms. The van der Waals surface area contributed by atoms with Gasteiger partial charge in [-0.25, -0.2) is 14.8 Å². The van der Waals surface area contributed by atoms with Gasteiger partial charge < -0.3 is 19.4 Å². The van der Waals surface area contributed by atoms with Crippen LogP contribution in [0.1, 0.15) is 10.4 Å². The Hall–Kier alpha value is -3.13. The van der Waals surface area contributed by atoms with Crippen molar-refractivity contribution in [2.24, 2.45) is 0 Å². The van der Waals surface area contributed by atoms with Gasteiger partial charge in [-0.2, -0.15) is 0 Å². The highest BCUT2D eigenvalue weighted by molar-refractivity contribution is 6.30. The lowest BCUT2D eigenvalue weighted by molar-refractivity contribution is 0.0698. The van der Waals surface area contributed by atoms with Crippen molar-refractivity contribution in [3.8, 4) is 11.3 Å². The number of hydrogen-bond acceptors (Lipinski definition) is 7. The van der Waals surface area contributed by atoms with Crippen LogP contribution in [0.2, 0.25) is 5.02 Å². The molecule has 138 valence electrons. The minimum Gasteiger partial charge on any atom is -0.477 e. The summed E-state index contributed by atoms with van der Waals surface area (Å²) >= 11 is 5.91. The van der Waals surface area contributed by atoms with E-state index in [1.807, 2.05) is 4.90 Å². The normalized spacial score (nSPS) is 14.4. The molecule has 27 heavy (non-hydrogen) atoms. The molecule has 0 spiro atoms. The molecule has 0 unspecified atom stereocenters. The molecule has 2 aromatic heterocycles. The number of benzene rings is 1. The lowest BCUT2D eigenvalue weighted by atomic mass is 10.1. The van der Waals surface area contributed by atoms with Crippen LogP contribution in [0.3, 0.4) is 0 Å². The van der Waals surface area contributed by atoms with Crippen LogP contribution < -0.4 is 9.80 Å². The van der Waals surface area contributed by atoms with E-state index in [2.05, 4.69) is 20.0 Å². The maximum atomic E-state index is 11.9. The van der Waals surface area contributed by atoms with Crippen LogP contribution in [-0.4, -0.2) is 52.4 Å². The summed E-state index contributed by atoms with van der Waals surface area (Å²) in [6.07, 6.45) is 3.40. The number of anilines is 2. The standard InChI is InChI=1S/C18H16ClN5O3/c19-13-4-2-12(3-5-13)15-14(17(25)26)16(22-27-15)23-8-10-24(11-9-23)18-20-6-1-7-21-18/h1-7H,8-11H2,(H,25,26). The lowest BCUT2D eigenvalue weighted by Crippen LogP contribution is -2.47. The number of hydrogen-bond donors (Lipinski definition) is 1. The van der Waals surface area contributed by atoms with Gasteiger partial charge in [-0.15, -0.1) is 0 Å². The summed E-state index contributed by atoms with van der Waals surface area (Å²) in [5, 5.41) is 14.3. The van der Waals surface area contributed by atoms with E-state index in [-0.39, 0.29) is 11.3 Å². The predicted molar refractivity (Wildman–Crippen MR) is 100 cm³/mol. The van der Waals surface area contributed by atoms with Gasteiger partial charge in [0.2, 0.25) is 5.95 Å². The van der Waals surface area contributed by atoms with Crippen molar-refractivity contribution in [2.45, 2.75) is 0 Å². The van der Waals surface area contributed by atoms with Crippen molar-refractivity contribution in [1.29, 1.82) is 0 Å². The first-order valence-corrected chi connectivity index (χ1v) is 8.77. The molecule has 1 fully saturated rings. The van der Waals surface area contributed by atoms with Crippen LogP contribution in [0.5, 0.6) is 0 Å². The predicted octanol–water partition coefficient (Wildman–Crippen LogP) is 2.81. The van der Waals surface area contributed by atoms with Crippen molar-refractivity contribution in [3.05, 3.63) is 53.3 Å². The number of nitrogens with zero attached hydrogens (tertiary/aromatic N) is 5. The van der Waals surface area contributed by atoms with Crippen LogP contribution in [-0.2, 0) is 0 Å². The molecule has 0 atom stereocenters. The Kier molecular flexibility index (Phi) is 4.64. The van der Waals surface area contributed by atoms with Crippen LogP contribution in [0, 0.1) is 0 Å². The molecule has 4 rings (SSSR count). The first-order chi connectivity index (χ1) is 13.1. The van der Waals surface area contributed by atoms with E-state index < -0.39 is 5.97 Å². The number of aromatic carboxylic acids is 1. The maximum Gasteiger partial charge on any atom is 0.343 e. The average Bonchev–Trinajstić information content (AvgIpc) is 3.15. The highest BCUT2D eigenvalue weighted by Gasteiger charge is 2.29. The molecule has 8 nitrogen and oxygen atoms in total. The third kappa shape index (κ3) is 3.43. The summed E-state index contributed by atoms with van der Waals surface area (Å²) in [5.74, 6) is 0.145. The summed E-state index contributed by atoms with van der Waals surface area (Å²) in [5.41, 5.74) is 0.675. The second-order valence-electron chi connectivity index (χ2n) is 6.05. The second-order valence-corrected chi connectivity index (χ2v) is 6.48. The summed E-state index contributed by atoms with van der Waals surface area (Å²) < 4.78 is 5.39. The molecular formula is C18H16ClN5O3. The smallest absolute Gasteiger partial charge is 0.343 e. The van der Waals surface area contributed by atoms with Gasteiger partial charge in [-0.3, -0.25) is 0 Å². The Morgan fingerprint density at radius 3 is 2.30 bits per heavy atom. The van der Waals surface area contributed by atoms with Crippen molar-refractivity contribution in [1.82, 2.24) is 15.1 Å². The topological polar surface area (TPSA) is 95.6 Å². The van der Waals surface area contributed by atoms with E-state index >= 15 is 0 Å². The number of carbonyl (C=O) groups is 1. The highest BCUT2D eigenvalue weighted by atomic mass is 35.5. The number of piperazine rings is 1. The van der Waals surface area contributed by atoms with Gasteiger partial charge in [-0.05, 0) is 30.3 Å². The number of aromatic nitrogens is 3. The molecule has 3 aromatic rings. The Morgan fingerprint density at radius 2 is 1.67 bits per heavy atom. The van der Waals surface area contributed by atoms with Gasteiger partial charge in [0, 0.05) is 49.2 Å². The Labute approximate surface area is 160 Å². The van der Waals surface area contributed by atoms with Crippen molar-refractivity contribution in [3.63, 3.8) is 0 Å². The van der Waals surface area contributed by atoms with E-state index in [1.54, 1.807) is 42.7 Å². The third-order valence-electron chi connectivity index (χ3n) is 4.41. The number of halogens is 1. The minimum absolute atomic E-state index is 0.0572. The third-order valence-corrected chi connectivity index (χ3v) is 4.66. The zero-order chi connectivity index (χ0) is 18.8. The molecule has 0 amide bonds. The molecule has 1 aliphatic rings. The van der Waals surface area contributed by atoms with Gasteiger partial charge in [0.05, 0.1) is 0 Å². The monoisotopic (exact) mass is 385 g/mol. The Bertz CT molecular complexity index is 937. The fourth-order valence-corrected chi connectivity index (χ4v) is 3.19. The molecule has 3 heterocycles. The van der Waals surface area contributed by atoms with E-state index in [4.69, 9.17) is 16.1 Å². The summed E-state index contributed by atoms with van der Waals surface area (Å²) in [7, 11) is 0. The average molecular weight is 386 g/mol. The van der Waals surface area contributed by atoms with Gasteiger partial charge in [0.25, 0.3) is 0 Å². The molecular weight excluding hydrogens is 370 g/mol. The van der Waals surface area contributed by atoms with E-state index in [0.717, 1.165) is 0 Å². The van der Waals surface area contributed by atoms with Gasteiger partial charge in [0.15, 0.2) is 17.1 Å². The highest BCUT2D eigenvalue weighted by Crippen LogP contribution is 2.32. The number of carboxylic acid groups (broad SMARTS) is 1. The maximum absolute atomic E-state index is 11.9. The van der Waals surface area contributed by atoms with Crippen molar-refractivity contribution < 1.29 is 14.4 Å². The number of carboxylic acids is 1. The molecule has 1 N–H and O–H groups in total. The first kappa shape index (κ1) is 17.3. The van der Waals surface area contributed by atoms with E-state index in [1.165, 1.54) is 0 Å². The SMILES string of the molecule is O=C(O)c1c(N2CCN(c3ncccn3)CC2)noc1-c1ccc(Cl)cc1. The summed E-state index contributed by atoms with van der Waals surface area (Å²) in [6, 6.07) is 8.56. The zero-order valence-electron chi connectivity index (χ0n) is 14.2. The summed E-state index contributed by atoms with van der Waals surface area (Å²) in [6.45, 7) is 2.49. The molecule has 0 aliphatic carbocycles. The van der Waals surface area contributed by atoms with Gasteiger partial charge >= 0.3 is 5.97 Å². The molecule has 1 aromatic carbocycles. The summed E-state index contributed by atoms with van der Waals surface area (Å²) in [4.78, 5) is 24.4. The molecule has 0 radical (unpaired) electrons. The lowest BCUT2D eigenvalue weighted by Gasteiger charge is -2.34. The van der Waals surface area contributed by atoms with Gasteiger partial charge in [-0.1, -0.05) is 16.8 Å². The molecule has 9 heteroatoms. The molecule has 1 saturated heterocycles. The van der Waals surface area contributed by atoms with Crippen LogP contribution in [0.25, 0.3) is 11.3 Å². The second kappa shape index (κ2) is 7.24. The molecule has 1 aliphatic heterocycles. The van der Waals surface area contributed by atoms with Crippen molar-refractivity contribution in [2.75, 3.05) is 36.0 Å². The molecule has 0 saturated carbocycles.